The van der Waals surface area contributed by atoms with Gasteiger partial charge in [0.25, 0.3) is 5.91 Å². The van der Waals surface area contributed by atoms with E-state index >= 15 is 0 Å². The highest BCUT2D eigenvalue weighted by molar-refractivity contribution is 5.96. The van der Waals surface area contributed by atoms with Crippen molar-refractivity contribution in [2.75, 3.05) is 36.9 Å². The Bertz CT molecular complexity index is 938. The molecule has 2 aromatic carbocycles. The molecule has 0 fully saturated rings. The molecule has 0 aromatic heterocycles. The lowest BCUT2D eigenvalue weighted by Gasteiger charge is -2.37. The summed E-state index contributed by atoms with van der Waals surface area (Å²) in [5, 5.41) is 2.68. The Hall–Kier alpha value is -3.22. The van der Waals surface area contributed by atoms with Crippen LogP contribution in [0, 0.1) is 0 Å². The molecule has 1 atom stereocenters. The molecule has 1 aliphatic heterocycles. The molecule has 2 aromatic rings. The maximum Gasteiger partial charge on any atom is 0.412 e. The zero-order valence-electron chi connectivity index (χ0n) is 18.8. The maximum atomic E-state index is 13.0. The highest BCUT2D eigenvalue weighted by atomic mass is 16.6. The van der Waals surface area contributed by atoms with Gasteiger partial charge in [-0.15, -0.1) is 0 Å². The summed E-state index contributed by atoms with van der Waals surface area (Å²) >= 11 is 0. The minimum absolute atomic E-state index is 0.133. The number of anilines is 2. The van der Waals surface area contributed by atoms with Crippen molar-refractivity contribution in [2.45, 2.75) is 39.4 Å². The second-order valence-electron chi connectivity index (χ2n) is 8.64. The average Bonchev–Trinajstić information content (AvgIpc) is 2.71. The van der Waals surface area contributed by atoms with Crippen LogP contribution in [-0.4, -0.2) is 55.3 Å². The summed E-state index contributed by atoms with van der Waals surface area (Å²) in [5.74, 6) is 0.698. The van der Waals surface area contributed by atoms with Crippen LogP contribution < -0.4 is 15.0 Å². The van der Waals surface area contributed by atoms with Gasteiger partial charge in [0.2, 0.25) is 0 Å². The normalized spacial score (nSPS) is 15.5. The number of benzene rings is 2. The summed E-state index contributed by atoms with van der Waals surface area (Å²) < 4.78 is 11.4. The summed E-state index contributed by atoms with van der Waals surface area (Å²) in [6, 6.07) is 14.8. The van der Waals surface area contributed by atoms with E-state index in [-0.39, 0.29) is 12.0 Å². The fraction of sp³-hybridized carbons (Fsp3) is 0.417. The highest BCUT2D eigenvalue weighted by Crippen LogP contribution is 2.33. The molecule has 0 saturated carbocycles. The van der Waals surface area contributed by atoms with E-state index in [1.165, 1.54) is 0 Å². The van der Waals surface area contributed by atoms with Gasteiger partial charge in [0.1, 0.15) is 17.5 Å². The van der Waals surface area contributed by atoms with Gasteiger partial charge in [-0.25, -0.2) is 4.79 Å². The highest BCUT2D eigenvalue weighted by Gasteiger charge is 2.27. The Morgan fingerprint density at radius 3 is 2.65 bits per heavy atom. The van der Waals surface area contributed by atoms with Gasteiger partial charge in [0, 0.05) is 24.8 Å². The van der Waals surface area contributed by atoms with Gasteiger partial charge in [-0.1, -0.05) is 18.2 Å². The molecule has 7 heteroatoms. The van der Waals surface area contributed by atoms with Crippen LogP contribution in [0.1, 0.15) is 38.1 Å². The van der Waals surface area contributed by atoms with E-state index < -0.39 is 11.7 Å². The molecule has 0 bridgehead atoms. The third-order valence-corrected chi connectivity index (χ3v) is 4.88. The number of carbonyl (C=O) groups is 2. The van der Waals surface area contributed by atoms with Gasteiger partial charge in [-0.3, -0.25) is 10.1 Å². The van der Waals surface area contributed by atoms with Crippen LogP contribution in [0.15, 0.2) is 48.5 Å². The molecule has 7 nitrogen and oxygen atoms in total. The van der Waals surface area contributed by atoms with Crippen molar-refractivity contribution in [2.24, 2.45) is 0 Å². The van der Waals surface area contributed by atoms with Crippen LogP contribution in [0.3, 0.4) is 0 Å². The summed E-state index contributed by atoms with van der Waals surface area (Å²) in [4.78, 5) is 28.9. The number of nitrogens with one attached hydrogen (secondary N) is 1. The number of hydrogen-bond donors (Lipinski definition) is 1. The molecule has 0 saturated heterocycles. The van der Waals surface area contributed by atoms with Crippen molar-refractivity contribution in [3.8, 4) is 5.75 Å². The predicted molar refractivity (Wildman–Crippen MR) is 122 cm³/mol. The number of likely N-dealkylation sites (N-methyl/N-ethyl adjacent to an activating group) is 2. The van der Waals surface area contributed by atoms with Crippen molar-refractivity contribution >= 4 is 23.4 Å². The van der Waals surface area contributed by atoms with E-state index in [0.717, 1.165) is 18.0 Å². The largest absolute Gasteiger partial charge is 0.485 e. The van der Waals surface area contributed by atoms with Gasteiger partial charge >= 0.3 is 6.09 Å². The molecule has 0 radical (unpaired) electrons. The quantitative estimate of drug-likeness (QED) is 0.769. The van der Waals surface area contributed by atoms with Crippen LogP contribution >= 0.6 is 0 Å². The number of rotatable bonds is 5. The van der Waals surface area contributed by atoms with Gasteiger partial charge in [-0.05, 0) is 58.0 Å². The molecule has 1 heterocycles. The molecule has 0 spiro atoms. The van der Waals surface area contributed by atoms with E-state index in [4.69, 9.17) is 9.47 Å². The van der Waals surface area contributed by atoms with E-state index in [9.17, 15) is 9.59 Å². The standard InChI is InChI=1S/C24H31N3O4/c1-6-27-16-19(30-21-13-8-7-12-20(21)27)15-26(5)22(28)17-10-9-11-18(14-17)25-23(29)31-24(2,3)4/h7-14,19H,6,15-16H2,1-5H3,(H,25,29)/t19-/m1/s1. The molecular weight excluding hydrogens is 394 g/mol. The minimum Gasteiger partial charge on any atom is -0.485 e. The van der Waals surface area contributed by atoms with Crippen molar-refractivity contribution < 1.29 is 19.1 Å². The first-order chi connectivity index (χ1) is 14.7. The molecule has 0 unspecified atom stereocenters. The van der Waals surface area contributed by atoms with Crippen molar-refractivity contribution in [1.82, 2.24) is 4.90 Å². The number of carbonyl (C=O) groups excluding carboxylic acids is 2. The van der Waals surface area contributed by atoms with Crippen LogP contribution in [0.25, 0.3) is 0 Å². The predicted octanol–water partition coefficient (Wildman–Crippen LogP) is 4.39. The first kappa shape index (κ1) is 22.5. The topological polar surface area (TPSA) is 71.1 Å². The summed E-state index contributed by atoms with van der Waals surface area (Å²) in [6.07, 6.45) is -0.689. The third kappa shape index (κ3) is 5.90. The molecule has 31 heavy (non-hydrogen) atoms. The number of amides is 2. The number of ether oxygens (including phenoxy) is 2. The van der Waals surface area contributed by atoms with Gasteiger partial charge in [-0.2, -0.15) is 0 Å². The number of nitrogens with zero attached hydrogens (tertiary/aromatic N) is 2. The lowest BCUT2D eigenvalue weighted by Crippen LogP contribution is -2.46. The maximum absolute atomic E-state index is 13.0. The smallest absolute Gasteiger partial charge is 0.412 e. The van der Waals surface area contributed by atoms with E-state index in [1.807, 2.05) is 24.3 Å². The van der Waals surface area contributed by atoms with Gasteiger partial charge in [0.05, 0.1) is 18.8 Å². The second kappa shape index (κ2) is 9.29. The lowest BCUT2D eigenvalue weighted by molar-refractivity contribution is 0.0634. The lowest BCUT2D eigenvalue weighted by atomic mass is 10.1. The molecule has 166 valence electrons. The summed E-state index contributed by atoms with van der Waals surface area (Å²) in [6.45, 7) is 9.54. The molecular formula is C24H31N3O4. The van der Waals surface area contributed by atoms with E-state index in [1.54, 1.807) is 57.0 Å². The van der Waals surface area contributed by atoms with Crippen LogP contribution in [-0.2, 0) is 4.74 Å². The van der Waals surface area contributed by atoms with Crippen molar-refractivity contribution in [1.29, 1.82) is 0 Å². The SMILES string of the molecule is CCN1C[C@@H](CN(C)C(=O)c2cccc(NC(=O)OC(C)(C)C)c2)Oc2ccccc21. The zero-order valence-corrected chi connectivity index (χ0v) is 18.8. The second-order valence-corrected chi connectivity index (χ2v) is 8.64. The van der Waals surface area contributed by atoms with Crippen LogP contribution in [0.4, 0.5) is 16.2 Å². The zero-order chi connectivity index (χ0) is 22.6. The van der Waals surface area contributed by atoms with Crippen molar-refractivity contribution in [3.63, 3.8) is 0 Å². The minimum atomic E-state index is -0.595. The van der Waals surface area contributed by atoms with E-state index in [2.05, 4.69) is 17.1 Å². The van der Waals surface area contributed by atoms with Gasteiger partial charge < -0.3 is 19.3 Å². The Balaban J connectivity index is 1.65. The number of fused-ring (bicyclic) bond motifs is 1. The molecule has 3 rings (SSSR count). The molecule has 0 aliphatic carbocycles. The Morgan fingerprint density at radius 1 is 1.19 bits per heavy atom. The number of hydrogen-bond acceptors (Lipinski definition) is 5. The van der Waals surface area contributed by atoms with Crippen molar-refractivity contribution in [3.05, 3.63) is 54.1 Å². The summed E-state index contributed by atoms with van der Waals surface area (Å²) in [7, 11) is 1.76. The fourth-order valence-electron chi connectivity index (χ4n) is 3.53. The van der Waals surface area contributed by atoms with E-state index in [0.29, 0.717) is 24.3 Å². The van der Waals surface area contributed by atoms with Gasteiger partial charge in [0.15, 0.2) is 0 Å². The number of para-hydroxylation sites is 2. The Kier molecular flexibility index (Phi) is 6.73. The molecule has 2 amide bonds. The fourth-order valence-corrected chi connectivity index (χ4v) is 3.53. The monoisotopic (exact) mass is 425 g/mol. The molecule has 1 N–H and O–H groups in total. The Morgan fingerprint density at radius 2 is 1.94 bits per heavy atom. The third-order valence-electron chi connectivity index (χ3n) is 4.88. The first-order valence-corrected chi connectivity index (χ1v) is 10.5. The Labute approximate surface area is 183 Å². The first-order valence-electron chi connectivity index (χ1n) is 10.5. The summed E-state index contributed by atoms with van der Waals surface area (Å²) in [5.41, 5.74) is 1.48. The average molecular weight is 426 g/mol. The molecule has 1 aliphatic rings. The van der Waals surface area contributed by atoms with Crippen LogP contribution in [0.2, 0.25) is 0 Å². The van der Waals surface area contributed by atoms with Crippen LogP contribution in [0.5, 0.6) is 5.75 Å².